The number of H-pyrrole nitrogens is 1. The molecule has 0 unspecified atom stereocenters. The number of amides is 1. The van der Waals surface area contributed by atoms with Crippen LogP contribution in [0.4, 0.5) is 0 Å². The summed E-state index contributed by atoms with van der Waals surface area (Å²) in [5.41, 5.74) is 0.580. The Balaban J connectivity index is 1.72. The van der Waals surface area contributed by atoms with Crippen molar-refractivity contribution in [1.82, 2.24) is 15.1 Å². The van der Waals surface area contributed by atoms with Crippen molar-refractivity contribution in [3.63, 3.8) is 0 Å². The van der Waals surface area contributed by atoms with Crippen LogP contribution in [0.2, 0.25) is 0 Å². The number of carbonyl (C=O) groups excluding carboxylic acids is 1. The van der Waals surface area contributed by atoms with Crippen LogP contribution in [0.5, 0.6) is 0 Å². The molecule has 3 rings (SSSR count). The molecule has 5 heteroatoms. The lowest BCUT2D eigenvalue weighted by Gasteiger charge is -2.15. The van der Waals surface area contributed by atoms with Gasteiger partial charge >= 0.3 is 0 Å². The van der Waals surface area contributed by atoms with Crippen molar-refractivity contribution in [1.29, 1.82) is 0 Å². The smallest absolute Gasteiger partial charge is 0.271 e. The standard InChI is InChI=1S/C10H13N3O2/c14-10(9-1-2-11-12-9)13-3-7-5-15-6-8(7)4-13/h1-2,7-8H,3-6H2,(H,11,12)/t7-,8-/m1/s1. The summed E-state index contributed by atoms with van der Waals surface area (Å²) in [6.07, 6.45) is 1.60. The van der Waals surface area contributed by atoms with Gasteiger partial charge < -0.3 is 9.64 Å². The number of fused-ring (bicyclic) bond motifs is 1. The zero-order valence-electron chi connectivity index (χ0n) is 8.35. The highest BCUT2D eigenvalue weighted by Gasteiger charge is 2.39. The first-order valence-corrected chi connectivity index (χ1v) is 5.21. The van der Waals surface area contributed by atoms with Gasteiger partial charge in [-0.05, 0) is 6.07 Å². The van der Waals surface area contributed by atoms with Crippen molar-refractivity contribution in [3.05, 3.63) is 18.0 Å². The molecule has 0 radical (unpaired) electrons. The van der Waals surface area contributed by atoms with Crippen LogP contribution < -0.4 is 0 Å². The number of nitrogens with zero attached hydrogens (tertiary/aromatic N) is 2. The molecule has 0 aromatic carbocycles. The molecule has 5 nitrogen and oxygen atoms in total. The Bertz CT molecular complexity index is 351. The summed E-state index contributed by atoms with van der Waals surface area (Å²) in [6, 6.07) is 1.72. The predicted octanol–water partition coefficient (Wildman–Crippen LogP) is 0.128. The van der Waals surface area contributed by atoms with Gasteiger partial charge in [0.05, 0.1) is 13.2 Å². The molecular formula is C10H13N3O2. The molecule has 2 fully saturated rings. The van der Waals surface area contributed by atoms with Crippen molar-refractivity contribution >= 4 is 5.91 Å². The maximum absolute atomic E-state index is 12.0. The molecule has 3 heterocycles. The molecule has 80 valence electrons. The van der Waals surface area contributed by atoms with Gasteiger partial charge in [0.2, 0.25) is 0 Å². The molecule has 1 N–H and O–H groups in total. The zero-order chi connectivity index (χ0) is 10.3. The SMILES string of the molecule is O=C(c1ccn[nH]1)N1C[C@@H]2COC[C@H]2C1. The number of aromatic amines is 1. The highest BCUT2D eigenvalue weighted by molar-refractivity contribution is 5.92. The number of hydrogen-bond donors (Lipinski definition) is 1. The van der Waals surface area contributed by atoms with E-state index in [0.717, 1.165) is 26.3 Å². The number of nitrogens with one attached hydrogen (secondary N) is 1. The van der Waals surface area contributed by atoms with E-state index in [4.69, 9.17) is 4.74 Å². The molecule has 2 saturated heterocycles. The fraction of sp³-hybridized carbons (Fsp3) is 0.600. The van der Waals surface area contributed by atoms with E-state index >= 15 is 0 Å². The Labute approximate surface area is 87.4 Å². The van der Waals surface area contributed by atoms with Crippen LogP contribution in [0.15, 0.2) is 12.3 Å². The van der Waals surface area contributed by atoms with Gasteiger partial charge in [0.25, 0.3) is 5.91 Å². The number of rotatable bonds is 1. The highest BCUT2D eigenvalue weighted by Crippen LogP contribution is 2.29. The van der Waals surface area contributed by atoms with Crippen molar-refractivity contribution in [2.24, 2.45) is 11.8 Å². The number of aromatic nitrogens is 2. The topological polar surface area (TPSA) is 58.2 Å². The van der Waals surface area contributed by atoms with Gasteiger partial charge in [-0.1, -0.05) is 0 Å². The summed E-state index contributed by atoms with van der Waals surface area (Å²) >= 11 is 0. The van der Waals surface area contributed by atoms with Gasteiger partial charge in [-0.2, -0.15) is 5.10 Å². The molecule has 2 aliphatic rings. The second-order valence-electron chi connectivity index (χ2n) is 4.24. The van der Waals surface area contributed by atoms with Crippen LogP contribution in [-0.2, 0) is 4.74 Å². The first-order valence-electron chi connectivity index (χ1n) is 5.21. The Morgan fingerprint density at radius 2 is 2.20 bits per heavy atom. The van der Waals surface area contributed by atoms with Crippen LogP contribution in [0.3, 0.4) is 0 Å². The van der Waals surface area contributed by atoms with Gasteiger partial charge in [-0.3, -0.25) is 9.89 Å². The molecule has 2 aliphatic heterocycles. The van der Waals surface area contributed by atoms with E-state index in [1.165, 1.54) is 0 Å². The van der Waals surface area contributed by atoms with Crippen LogP contribution >= 0.6 is 0 Å². The van der Waals surface area contributed by atoms with E-state index in [9.17, 15) is 4.79 Å². The Morgan fingerprint density at radius 1 is 1.47 bits per heavy atom. The average molecular weight is 207 g/mol. The molecule has 0 spiro atoms. The van der Waals surface area contributed by atoms with E-state index < -0.39 is 0 Å². The molecule has 0 saturated carbocycles. The van der Waals surface area contributed by atoms with Gasteiger partial charge in [-0.15, -0.1) is 0 Å². The van der Waals surface area contributed by atoms with Crippen molar-refractivity contribution < 1.29 is 9.53 Å². The molecule has 0 aliphatic carbocycles. The maximum Gasteiger partial charge on any atom is 0.271 e. The second-order valence-corrected chi connectivity index (χ2v) is 4.24. The van der Waals surface area contributed by atoms with Crippen LogP contribution in [0.1, 0.15) is 10.5 Å². The molecule has 1 aromatic heterocycles. The Kier molecular flexibility index (Phi) is 1.98. The van der Waals surface area contributed by atoms with Crippen molar-refractivity contribution in [3.8, 4) is 0 Å². The van der Waals surface area contributed by atoms with Crippen molar-refractivity contribution in [2.75, 3.05) is 26.3 Å². The fourth-order valence-electron chi connectivity index (χ4n) is 2.40. The van der Waals surface area contributed by atoms with Gasteiger partial charge in [0, 0.05) is 31.1 Å². The normalized spacial score (nSPS) is 29.5. The zero-order valence-corrected chi connectivity index (χ0v) is 8.35. The van der Waals surface area contributed by atoms with Crippen LogP contribution in [-0.4, -0.2) is 47.3 Å². The monoisotopic (exact) mass is 207 g/mol. The first-order chi connectivity index (χ1) is 7.34. The van der Waals surface area contributed by atoms with Crippen LogP contribution in [0.25, 0.3) is 0 Å². The summed E-state index contributed by atoms with van der Waals surface area (Å²) in [5, 5.41) is 6.50. The lowest BCUT2D eigenvalue weighted by atomic mass is 10.0. The van der Waals surface area contributed by atoms with E-state index in [1.807, 2.05) is 4.90 Å². The maximum atomic E-state index is 12.0. The summed E-state index contributed by atoms with van der Waals surface area (Å²) in [7, 11) is 0. The minimum atomic E-state index is 0.0573. The Morgan fingerprint density at radius 3 is 2.80 bits per heavy atom. The van der Waals surface area contributed by atoms with Gasteiger partial charge in [0.1, 0.15) is 5.69 Å². The summed E-state index contributed by atoms with van der Waals surface area (Å²) in [4.78, 5) is 13.8. The van der Waals surface area contributed by atoms with E-state index in [1.54, 1.807) is 12.3 Å². The molecule has 2 atom stereocenters. The predicted molar refractivity (Wildman–Crippen MR) is 52.3 cm³/mol. The van der Waals surface area contributed by atoms with Gasteiger partial charge in [0.15, 0.2) is 0 Å². The first kappa shape index (κ1) is 8.91. The molecule has 1 aromatic rings. The van der Waals surface area contributed by atoms with Crippen LogP contribution in [0, 0.1) is 11.8 Å². The van der Waals surface area contributed by atoms with Crippen molar-refractivity contribution in [2.45, 2.75) is 0 Å². The third-order valence-corrected chi connectivity index (χ3v) is 3.26. The van der Waals surface area contributed by atoms with Gasteiger partial charge in [-0.25, -0.2) is 0 Å². The largest absolute Gasteiger partial charge is 0.381 e. The quantitative estimate of drug-likeness (QED) is 0.712. The number of ether oxygens (including phenoxy) is 1. The lowest BCUT2D eigenvalue weighted by Crippen LogP contribution is -2.30. The number of carbonyl (C=O) groups is 1. The van der Waals surface area contributed by atoms with E-state index in [0.29, 0.717) is 17.5 Å². The molecule has 15 heavy (non-hydrogen) atoms. The Hall–Kier alpha value is -1.36. The molecule has 0 bridgehead atoms. The third kappa shape index (κ3) is 1.43. The minimum absolute atomic E-state index is 0.0573. The summed E-state index contributed by atoms with van der Waals surface area (Å²) < 4.78 is 5.37. The third-order valence-electron chi connectivity index (χ3n) is 3.26. The lowest BCUT2D eigenvalue weighted by molar-refractivity contribution is 0.0745. The summed E-state index contributed by atoms with van der Waals surface area (Å²) in [5.74, 6) is 1.13. The van der Waals surface area contributed by atoms with E-state index in [-0.39, 0.29) is 5.91 Å². The number of hydrogen-bond acceptors (Lipinski definition) is 3. The highest BCUT2D eigenvalue weighted by atomic mass is 16.5. The number of likely N-dealkylation sites (tertiary alicyclic amines) is 1. The summed E-state index contributed by atoms with van der Waals surface area (Å²) in [6.45, 7) is 3.25. The molecular weight excluding hydrogens is 194 g/mol. The average Bonchev–Trinajstić information content (AvgIpc) is 2.92. The minimum Gasteiger partial charge on any atom is -0.381 e. The molecule has 1 amide bonds. The second kappa shape index (κ2) is 3.34. The fourth-order valence-corrected chi connectivity index (χ4v) is 2.40. The van der Waals surface area contributed by atoms with E-state index in [2.05, 4.69) is 10.2 Å².